The zero-order valence-electron chi connectivity index (χ0n) is 17.3. The van der Waals surface area contributed by atoms with Crippen LogP contribution in [0.25, 0.3) is 16.6 Å². The average Bonchev–Trinajstić information content (AvgIpc) is 3.08. The molecule has 2 heterocycles. The summed E-state index contributed by atoms with van der Waals surface area (Å²) in [4.78, 5) is 26.0. The van der Waals surface area contributed by atoms with Crippen LogP contribution in [0.15, 0.2) is 35.1 Å². The predicted molar refractivity (Wildman–Crippen MR) is 111 cm³/mol. The number of ether oxygens (including phenoxy) is 1. The number of carbonyl (C=O) groups is 1. The first-order chi connectivity index (χ1) is 14.0. The molecule has 8 heteroatoms. The van der Waals surface area contributed by atoms with Crippen LogP contribution in [0.3, 0.4) is 0 Å². The Balaban J connectivity index is 2.03. The summed E-state index contributed by atoms with van der Waals surface area (Å²) in [6.45, 7) is 6.60. The highest BCUT2D eigenvalue weighted by Gasteiger charge is 2.25. The number of aromatic nitrogens is 4. The molecule has 8 nitrogen and oxygen atoms in total. The van der Waals surface area contributed by atoms with Crippen molar-refractivity contribution < 1.29 is 9.53 Å². The van der Waals surface area contributed by atoms with E-state index in [1.165, 1.54) is 4.68 Å². The molecule has 0 spiro atoms. The molecule has 0 aliphatic carbocycles. The average molecular weight is 397 g/mol. The van der Waals surface area contributed by atoms with Crippen molar-refractivity contribution in [3.8, 4) is 5.69 Å². The molecule has 0 radical (unpaired) electrons. The predicted octanol–water partition coefficient (Wildman–Crippen LogP) is 2.30. The maximum absolute atomic E-state index is 13.3. The van der Waals surface area contributed by atoms with Crippen LogP contribution in [0.5, 0.6) is 0 Å². The van der Waals surface area contributed by atoms with Gasteiger partial charge in [-0.2, -0.15) is 10.2 Å². The van der Waals surface area contributed by atoms with Crippen molar-refractivity contribution in [2.75, 3.05) is 20.3 Å². The molecule has 0 fully saturated rings. The number of fused-ring (bicyclic) bond motifs is 1. The van der Waals surface area contributed by atoms with Gasteiger partial charge in [0.1, 0.15) is 11.6 Å². The van der Waals surface area contributed by atoms with Crippen molar-refractivity contribution in [3.63, 3.8) is 0 Å². The van der Waals surface area contributed by atoms with Gasteiger partial charge in [-0.3, -0.25) is 9.59 Å². The number of aryl methyl sites for hydroxylation is 2. The number of carbonyl (C=O) groups excluding carboxylic acids is 1. The van der Waals surface area contributed by atoms with Crippen molar-refractivity contribution in [3.05, 3.63) is 52.1 Å². The number of nitrogens with zero attached hydrogens (tertiary/aromatic N) is 4. The number of methoxy groups -OCH3 is 1. The van der Waals surface area contributed by atoms with Crippen LogP contribution in [0.4, 0.5) is 0 Å². The quantitative estimate of drug-likeness (QED) is 0.589. The van der Waals surface area contributed by atoms with E-state index in [2.05, 4.69) is 15.5 Å². The van der Waals surface area contributed by atoms with Gasteiger partial charge in [-0.1, -0.05) is 25.1 Å². The highest BCUT2D eigenvalue weighted by atomic mass is 16.5. The normalized spacial score (nSPS) is 12.3. The number of para-hydroxylation sites is 1. The van der Waals surface area contributed by atoms with Crippen LogP contribution in [0, 0.1) is 13.8 Å². The number of benzene rings is 1. The van der Waals surface area contributed by atoms with E-state index in [0.29, 0.717) is 42.6 Å². The van der Waals surface area contributed by atoms with Crippen LogP contribution in [-0.4, -0.2) is 45.7 Å². The van der Waals surface area contributed by atoms with E-state index in [1.807, 2.05) is 51.1 Å². The largest absolute Gasteiger partial charge is 0.385 e. The molecule has 0 saturated heterocycles. The molecule has 3 aromatic rings. The minimum absolute atomic E-state index is 0.218. The number of nitrogens with one attached hydrogen (secondary N) is 1. The van der Waals surface area contributed by atoms with Gasteiger partial charge in [-0.05, 0) is 38.8 Å². The molecule has 1 aromatic carbocycles. The Morgan fingerprint density at radius 3 is 2.59 bits per heavy atom. The lowest BCUT2D eigenvalue weighted by atomic mass is 10.2. The van der Waals surface area contributed by atoms with Gasteiger partial charge >= 0.3 is 0 Å². The topological polar surface area (TPSA) is 91.0 Å². The van der Waals surface area contributed by atoms with Gasteiger partial charge in [-0.15, -0.1) is 0 Å². The van der Waals surface area contributed by atoms with Crippen molar-refractivity contribution in [1.29, 1.82) is 0 Å². The highest BCUT2D eigenvalue weighted by molar-refractivity contribution is 5.84. The molecule has 1 atom stereocenters. The molecule has 1 unspecified atom stereocenters. The summed E-state index contributed by atoms with van der Waals surface area (Å²) < 4.78 is 8.05. The molecule has 3 rings (SSSR count). The van der Waals surface area contributed by atoms with Crippen LogP contribution >= 0.6 is 0 Å². The fraction of sp³-hybridized carbons (Fsp3) is 0.429. The molecule has 0 saturated carbocycles. The summed E-state index contributed by atoms with van der Waals surface area (Å²) in [5.74, 6) is -0.218. The van der Waals surface area contributed by atoms with Crippen molar-refractivity contribution in [2.45, 2.75) is 39.7 Å². The summed E-state index contributed by atoms with van der Waals surface area (Å²) in [6, 6.07) is 8.97. The monoisotopic (exact) mass is 397 g/mol. The van der Waals surface area contributed by atoms with E-state index in [0.717, 1.165) is 11.4 Å². The fourth-order valence-electron chi connectivity index (χ4n) is 3.43. The van der Waals surface area contributed by atoms with E-state index < -0.39 is 6.04 Å². The Labute approximate surface area is 169 Å². The van der Waals surface area contributed by atoms with E-state index in [-0.39, 0.29) is 11.5 Å². The molecule has 0 bridgehead atoms. The second-order valence-electron chi connectivity index (χ2n) is 6.95. The first-order valence-corrected chi connectivity index (χ1v) is 9.80. The molecule has 154 valence electrons. The number of hydrogen-bond donors (Lipinski definition) is 1. The molecule has 1 amide bonds. The molecule has 2 aromatic heterocycles. The third kappa shape index (κ3) is 4.07. The maximum atomic E-state index is 13.3. The molecule has 29 heavy (non-hydrogen) atoms. The lowest BCUT2D eigenvalue weighted by molar-refractivity contribution is -0.124. The zero-order chi connectivity index (χ0) is 21.0. The Bertz CT molecular complexity index is 1060. The lowest BCUT2D eigenvalue weighted by Crippen LogP contribution is -2.39. The molecular weight excluding hydrogens is 370 g/mol. The van der Waals surface area contributed by atoms with Crippen molar-refractivity contribution >= 4 is 16.8 Å². The second kappa shape index (κ2) is 9.00. The summed E-state index contributed by atoms with van der Waals surface area (Å²) >= 11 is 0. The van der Waals surface area contributed by atoms with Crippen LogP contribution in [0.1, 0.15) is 37.2 Å². The second-order valence-corrected chi connectivity index (χ2v) is 6.95. The van der Waals surface area contributed by atoms with E-state index in [4.69, 9.17) is 4.74 Å². The smallest absolute Gasteiger partial charge is 0.278 e. The summed E-state index contributed by atoms with van der Waals surface area (Å²) in [7, 11) is 1.62. The first-order valence-electron chi connectivity index (χ1n) is 9.80. The van der Waals surface area contributed by atoms with Gasteiger partial charge in [0, 0.05) is 20.3 Å². The van der Waals surface area contributed by atoms with Crippen molar-refractivity contribution in [1.82, 2.24) is 24.9 Å². The van der Waals surface area contributed by atoms with Gasteiger partial charge in [0.05, 0.1) is 22.5 Å². The first kappa shape index (κ1) is 20.7. The number of amides is 1. The highest BCUT2D eigenvalue weighted by Crippen LogP contribution is 2.21. The lowest BCUT2D eigenvalue weighted by Gasteiger charge is -2.17. The zero-order valence-corrected chi connectivity index (χ0v) is 17.3. The van der Waals surface area contributed by atoms with E-state index in [1.54, 1.807) is 11.8 Å². The summed E-state index contributed by atoms with van der Waals surface area (Å²) in [5, 5.41) is 12.4. The Morgan fingerprint density at radius 2 is 1.93 bits per heavy atom. The van der Waals surface area contributed by atoms with E-state index in [9.17, 15) is 9.59 Å². The molecule has 0 aliphatic rings. The van der Waals surface area contributed by atoms with Gasteiger partial charge < -0.3 is 10.1 Å². The minimum atomic E-state index is -0.673. The van der Waals surface area contributed by atoms with Gasteiger partial charge in [0.2, 0.25) is 5.91 Å². The standard InChI is InChI=1S/C21H27N5O3/c1-5-17(20(27)22-12-9-13-29-4)26-21(28)18-15(3)25(16-10-7-6-8-11-16)24-19(18)14(2)23-26/h6-8,10-11,17H,5,9,12-13H2,1-4H3,(H,22,27). The fourth-order valence-corrected chi connectivity index (χ4v) is 3.43. The van der Waals surface area contributed by atoms with Gasteiger partial charge in [-0.25, -0.2) is 9.36 Å². The number of rotatable bonds is 8. The van der Waals surface area contributed by atoms with Gasteiger partial charge in [0.15, 0.2) is 0 Å². The Kier molecular flexibility index (Phi) is 6.43. The molecular formula is C21H27N5O3. The Morgan fingerprint density at radius 1 is 1.21 bits per heavy atom. The summed E-state index contributed by atoms with van der Waals surface area (Å²) in [5.41, 5.74) is 2.47. The van der Waals surface area contributed by atoms with Gasteiger partial charge in [0.25, 0.3) is 5.56 Å². The SMILES string of the molecule is CCC(C(=O)NCCCOC)n1nc(C)c2nn(-c3ccccc3)c(C)c2c1=O. The number of hydrogen-bond acceptors (Lipinski definition) is 5. The third-order valence-corrected chi connectivity index (χ3v) is 4.95. The van der Waals surface area contributed by atoms with Crippen LogP contribution in [0.2, 0.25) is 0 Å². The van der Waals surface area contributed by atoms with Crippen LogP contribution < -0.4 is 10.9 Å². The van der Waals surface area contributed by atoms with E-state index >= 15 is 0 Å². The Hall–Kier alpha value is -3.00. The van der Waals surface area contributed by atoms with Crippen LogP contribution in [-0.2, 0) is 9.53 Å². The molecule has 0 aliphatic heterocycles. The molecule has 1 N–H and O–H groups in total. The minimum Gasteiger partial charge on any atom is -0.385 e. The van der Waals surface area contributed by atoms with Crippen molar-refractivity contribution in [2.24, 2.45) is 0 Å². The summed E-state index contributed by atoms with van der Waals surface area (Å²) in [6.07, 6.45) is 1.17. The maximum Gasteiger partial charge on any atom is 0.278 e. The third-order valence-electron chi connectivity index (χ3n) is 4.95.